The topological polar surface area (TPSA) is 83.1 Å². The van der Waals surface area contributed by atoms with Crippen molar-refractivity contribution in [2.24, 2.45) is 0 Å². The maximum absolute atomic E-state index is 12.8. The van der Waals surface area contributed by atoms with Crippen LogP contribution < -0.4 is 15.4 Å². The van der Waals surface area contributed by atoms with Crippen molar-refractivity contribution in [3.8, 4) is 0 Å². The molecule has 0 aliphatic heterocycles. The quantitative estimate of drug-likeness (QED) is 0.649. The molecule has 3 N–H and O–H groups in total. The molecule has 1 aromatic carbocycles. The Morgan fingerprint density at radius 2 is 1.92 bits per heavy atom. The van der Waals surface area contributed by atoms with Gasteiger partial charge in [0.05, 0.1) is 12.7 Å². The van der Waals surface area contributed by atoms with Crippen molar-refractivity contribution in [2.45, 2.75) is 30.2 Å². The molecule has 0 unspecified atom stereocenters. The Morgan fingerprint density at radius 1 is 1.15 bits per heavy atom. The number of carbonyl (C=O) groups is 2. The molecular weight excluding hydrogens is 355 g/mol. The van der Waals surface area contributed by atoms with Crippen molar-refractivity contribution in [2.75, 3.05) is 11.9 Å². The molecule has 1 heterocycles. The largest absolute Gasteiger partial charge is 0.342 e. The fourth-order valence-electron chi connectivity index (χ4n) is 2.25. The maximum Gasteiger partial charge on any atom is 0.270 e. The van der Waals surface area contributed by atoms with Crippen LogP contribution in [0.15, 0.2) is 47.5 Å². The van der Waals surface area contributed by atoms with E-state index in [1.165, 1.54) is 25.3 Å². The van der Waals surface area contributed by atoms with E-state index in [2.05, 4.69) is 20.3 Å². The van der Waals surface area contributed by atoms with Crippen LogP contribution in [0.4, 0.5) is 10.1 Å². The number of halogens is 1. The number of nitrogens with one attached hydrogen (secondary N) is 3. The summed E-state index contributed by atoms with van der Waals surface area (Å²) in [5, 5.41) is 5.15. The summed E-state index contributed by atoms with van der Waals surface area (Å²) in [6, 6.07) is 10.5. The highest BCUT2D eigenvalue weighted by Crippen LogP contribution is 2.24. The Kier molecular flexibility index (Phi) is 6.19. The number of hydrogen-bond acceptors (Lipinski definition) is 5. The van der Waals surface area contributed by atoms with Crippen molar-refractivity contribution >= 4 is 29.4 Å². The van der Waals surface area contributed by atoms with E-state index < -0.39 is 11.7 Å². The number of pyridine rings is 1. The molecule has 0 radical (unpaired) electrons. The molecule has 0 saturated heterocycles. The lowest BCUT2D eigenvalue weighted by molar-refractivity contribution is -0.115. The first kappa shape index (κ1) is 18.3. The van der Waals surface area contributed by atoms with Gasteiger partial charge in [0.25, 0.3) is 5.91 Å². The summed E-state index contributed by atoms with van der Waals surface area (Å²) < 4.78 is 16.2. The van der Waals surface area contributed by atoms with Gasteiger partial charge in [-0.1, -0.05) is 6.42 Å². The van der Waals surface area contributed by atoms with Crippen molar-refractivity contribution in [3.63, 3.8) is 0 Å². The van der Waals surface area contributed by atoms with Gasteiger partial charge in [-0.2, -0.15) is 0 Å². The molecular formula is C18H19FN4O2S. The van der Waals surface area contributed by atoms with Crippen LogP contribution in [-0.4, -0.2) is 29.4 Å². The first-order valence-electron chi connectivity index (χ1n) is 8.32. The maximum atomic E-state index is 12.8. The van der Waals surface area contributed by atoms with Crippen molar-refractivity contribution in [1.29, 1.82) is 0 Å². The Morgan fingerprint density at radius 3 is 2.54 bits per heavy atom. The number of benzene rings is 1. The van der Waals surface area contributed by atoms with E-state index in [0.29, 0.717) is 11.7 Å². The number of nitrogens with zero attached hydrogens (tertiary/aromatic N) is 1. The molecule has 1 fully saturated rings. The number of amides is 2. The zero-order valence-corrected chi connectivity index (χ0v) is 14.8. The molecule has 1 saturated carbocycles. The lowest BCUT2D eigenvalue weighted by atomic mass is 9.94. The standard InChI is InChI=1S/C18H19FN4O2S/c19-12-4-9-16(20-10-12)18(25)21-11-17(24)22-13-5-7-15(8-6-13)26-23-14-2-1-3-14/h4-10,14,23H,1-3,11H2,(H,21,25)(H,22,24). The number of rotatable bonds is 7. The van der Waals surface area contributed by atoms with Crippen molar-refractivity contribution in [3.05, 3.63) is 54.1 Å². The normalized spacial score (nSPS) is 13.7. The van der Waals surface area contributed by atoms with Gasteiger partial charge in [-0.15, -0.1) is 0 Å². The highest BCUT2D eigenvalue weighted by Gasteiger charge is 2.16. The summed E-state index contributed by atoms with van der Waals surface area (Å²) in [4.78, 5) is 28.5. The minimum Gasteiger partial charge on any atom is -0.342 e. The van der Waals surface area contributed by atoms with Gasteiger partial charge in [0.2, 0.25) is 5.91 Å². The molecule has 1 aromatic heterocycles. The highest BCUT2D eigenvalue weighted by molar-refractivity contribution is 7.97. The van der Waals surface area contributed by atoms with Crippen LogP contribution in [0.25, 0.3) is 0 Å². The molecule has 1 aliphatic rings. The fourth-order valence-corrected chi connectivity index (χ4v) is 3.06. The predicted molar refractivity (Wildman–Crippen MR) is 98.2 cm³/mol. The van der Waals surface area contributed by atoms with E-state index in [0.717, 1.165) is 17.2 Å². The van der Waals surface area contributed by atoms with Crippen molar-refractivity contribution < 1.29 is 14.0 Å². The van der Waals surface area contributed by atoms with Crippen molar-refractivity contribution in [1.82, 2.24) is 15.0 Å². The molecule has 3 rings (SSSR count). The van der Waals surface area contributed by atoms with E-state index >= 15 is 0 Å². The van der Waals surface area contributed by atoms with E-state index in [-0.39, 0.29) is 18.1 Å². The summed E-state index contributed by atoms with van der Waals surface area (Å²) >= 11 is 1.59. The van der Waals surface area contributed by atoms with Gasteiger partial charge in [-0.3, -0.25) is 14.3 Å². The molecule has 0 atom stereocenters. The third-order valence-electron chi connectivity index (χ3n) is 3.96. The second-order valence-electron chi connectivity index (χ2n) is 5.96. The van der Waals surface area contributed by atoms with Gasteiger partial charge in [-0.25, -0.2) is 9.37 Å². The van der Waals surface area contributed by atoms with Crippen LogP contribution in [0.3, 0.4) is 0 Å². The van der Waals surface area contributed by atoms with Crippen LogP contribution in [0.5, 0.6) is 0 Å². The van der Waals surface area contributed by atoms with E-state index in [9.17, 15) is 14.0 Å². The SMILES string of the molecule is O=C(CNC(=O)c1ccc(F)cn1)Nc1ccc(SNC2CCC2)cc1. The van der Waals surface area contributed by atoms with Crippen LogP contribution in [-0.2, 0) is 4.79 Å². The highest BCUT2D eigenvalue weighted by atomic mass is 32.2. The number of hydrogen-bond donors (Lipinski definition) is 3. The molecule has 1 aliphatic carbocycles. The predicted octanol–water partition coefficient (Wildman–Crippen LogP) is 2.74. The minimum absolute atomic E-state index is 0.0551. The second-order valence-corrected chi connectivity index (χ2v) is 6.88. The molecule has 136 valence electrons. The molecule has 6 nitrogen and oxygen atoms in total. The van der Waals surface area contributed by atoms with Crippen LogP contribution in [0.2, 0.25) is 0 Å². The Bertz CT molecular complexity index is 764. The summed E-state index contributed by atoms with van der Waals surface area (Å²) in [5.41, 5.74) is 0.705. The molecule has 2 amide bonds. The van der Waals surface area contributed by atoms with E-state index in [1.54, 1.807) is 11.9 Å². The second kappa shape index (κ2) is 8.77. The summed E-state index contributed by atoms with van der Waals surface area (Å²) in [5.74, 6) is -1.41. The van der Waals surface area contributed by atoms with Gasteiger partial charge >= 0.3 is 0 Å². The minimum atomic E-state index is -0.533. The first-order chi connectivity index (χ1) is 12.6. The Balaban J connectivity index is 1.42. The van der Waals surface area contributed by atoms with E-state index in [4.69, 9.17) is 0 Å². The zero-order chi connectivity index (χ0) is 18.4. The van der Waals surface area contributed by atoms with Gasteiger partial charge < -0.3 is 10.6 Å². The van der Waals surface area contributed by atoms with Gasteiger partial charge in [0.1, 0.15) is 11.5 Å². The molecule has 26 heavy (non-hydrogen) atoms. The monoisotopic (exact) mass is 374 g/mol. The van der Waals surface area contributed by atoms with Crippen LogP contribution >= 0.6 is 11.9 Å². The average Bonchev–Trinajstić information content (AvgIpc) is 2.60. The fraction of sp³-hybridized carbons (Fsp3) is 0.278. The number of anilines is 1. The number of carbonyl (C=O) groups excluding carboxylic acids is 2. The summed E-state index contributed by atoms with van der Waals surface area (Å²) in [7, 11) is 0. The molecule has 2 aromatic rings. The average molecular weight is 374 g/mol. The third-order valence-corrected chi connectivity index (χ3v) is 4.92. The zero-order valence-electron chi connectivity index (χ0n) is 14.0. The van der Waals surface area contributed by atoms with Crippen LogP contribution in [0.1, 0.15) is 29.8 Å². The number of aromatic nitrogens is 1. The molecule has 0 bridgehead atoms. The van der Waals surface area contributed by atoms with Gasteiger partial charge in [-0.05, 0) is 61.2 Å². The summed E-state index contributed by atoms with van der Waals surface area (Å²) in [6.45, 7) is -0.197. The molecule has 8 heteroatoms. The third kappa shape index (κ3) is 5.27. The smallest absolute Gasteiger partial charge is 0.270 e. The Labute approximate surface area is 155 Å². The van der Waals surface area contributed by atoms with Gasteiger partial charge in [0, 0.05) is 16.6 Å². The van der Waals surface area contributed by atoms with Gasteiger partial charge in [0.15, 0.2) is 0 Å². The first-order valence-corrected chi connectivity index (χ1v) is 9.14. The lowest BCUT2D eigenvalue weighted by Crippen LogP contribution is -2.33. The van der Waals surface area contributed by atoms with Crippen LogP contribution in [0, 0.1) is 5.82 Å². The van der Waals surface area contributed by atoms with E-state index in [1.807, 2.05) is 24.3 Å². The Hall–Kier alpha value is -2.45. The lowest BCUT2D eigenvalue weighted by Gasteiger charge is -2.25. The summed E-state index contributed by atoms with van der Waals surface area (Å²) in [6.07, 6.45) is 4.69. The molecule has 0 spiro atoms.